The largest absolute Gasteiger partial charge is 0.433 e. The van der Waals surface area contributed by atoms with E-state index >= 15 is 0 Å². The van der Waals surface area contributed by atoms with Gasteiger partial charge in [-0.15, -0.1) is 0 Å². The molecule has 1 nitrogen and oxygen atoms in total. The zero-order valence-corrected chi connectivity index (χ0v) is 6.89. The zero-order chi connectivity index (χ0) is 9.61. The molecule has 0 aliphatic heterocycles. The number of alkyl halides is 3. The molecular weight excluding hydrogens is 167 g/mol. The Morgan fingerprint density at radius 2 is 1.83 bits per heavy atom. The molecule has 0 fully saturated rings. The van der Waals surface area contributed by atoms with E-state index in [0.717, 1.165) is 12.3 Å². The summed E-state index contributed by atoms with van der Waals surface area (Å²) in [5, 5.41) is 0. The van der Waals surface area contributed by atoms with Crippen LogP contribution in [0.1, 0.15) is 13.8 Å². The van der Waals surface area contributed by atoms with Gasteiger partial charge in [-0.1, -0.05) is 12.2 Å². The van der Waals surface area contributed by atoms with Crippen LogP contribution in [-0.4, -0.2) is 12.4 Å². The van der Waals surface area contributed by atoms with Crippen LogP contribution >= 0.6 is 0 Å². The van der Waals surface area contributed by atoms with Gasteiger partial charge in [0.1, 0.15) is 5.70 Å². The Morgan fingerprint density at radius 1 is 1.25 bits per heavy atom. The van der Waals surface area contributed by atoms with Gasteiger partial charge in [0.15, 0.2) is 0 Å². The predicted octanol–water partition coefficient (Wildman–Crippen LogP) is 3.10. The van der Waals surface area contributed by atoms with Crippen LogP contribution < -0.4 is 0 Å². The summed E-state index contributed by atoms with van der Waals surface area (Å²) in [4.78, 5) is 3.19. The first-order valence-electron chi connectivity index (χ1n) is 3.41. The van der Waals surface area contributed by atoms with Gasteiger partial charge in [-0.2, -0.15) is 13.2 Å². The highest BCUT2D eigenvalue weighted by Crippen LogP contribution is 2.26. The summed E-state index contributed by atoms with van der Waals surface area (Å²) in [6.45, 7) is 3.08. The molecule has 0 N–H and O–H groups in total. The Balaban J connectivity index is 4.67. The molecule has 0 atom stereocenters. The number of aliphatic imine (C=N–C) groups is 1. The lowest BCUT2D eigenvalue weighted by Gasteiger charge is -2.04. The van der Waals surface area contributed by atoms with Crippen molar-refractivity contribution >= 4 is 6.21 Å². The highest BCUT2D eigenvalue weighted by Gasteiger charge is 2.32. The smallest absolute Gasteiger partial charge is 0.256 e. The Morgan fingerprint density at radius 3 is 2.17 bits per heavy atom. The summed E-state index contributed by atoms with van der Waals surface area (Å²) in [5.74, 6) is 0. The van der Waals surface area contributed by atoms with Crippen molar-refractivity contribution in [2.24, 2.45) is 4.99 Å². The molecular formula is C8H10F3N. The van der Waals surface area contributed by atoms with Gasteiger partial charge in [0, 0.05) is 6.21 Å². The molecule has 4 heteroatoms. The minimum absolute atomic E-state index is 0.886. The molecule has 0 unspecified atom stereocenters. The van der Waals surface area contributed by atoms with Crippen LogP contribution in [-0.2, 0) is 0 Å². The normalized spacial score (nSPS) is 14.9. The standard InChI is InChI=1S/C8H10F3N/c1-3-5-6-7(12-4-2)8(9,10)11/h3-6H,1-2H3/b5-3-,7-6-,12-4+. The fourth-order valence-electron chi connectivity index (χ4n) is 0.537. The summed E-state index contributed by atoms with van der Waals surface area (Å²) in [5.41, 5.74) is -0.886. The number of rotatable bonds is 2. The van der Waals surface area contributed by atoms with Crippen LogP contribution in [0.4, 0.5) is 13.2 Å². The van der Waals surface area contributed by atoms with Crippen molar-refractivity contribution in [1.82, 2.24) is 0 Å². The van der Waals surface area contributed by atoms with Crippen molar-refractivity contribution in [2.45, 2.75) is 20.0 Å². The molecule has 0 saturated carbocycles. The molecule has 0 amide bonds. The molecule has 0 aromatic rings. The lowest BCUT2D eigenvalue weighted by atomic mass is 10.3. The lowest BCUT2D eigenvalue weighted by Crippen LogP contribution is -2.09. The third kappa shape index (κ3) is 3.95. The Bertz CT molecular complexity index is 211. The maximum atomic E-state index is 12.0. The van der Waals surface area contributed by atoms with Crippen molar-refractivity contribution in [3.63, 3.8) is 0 Å². The average Bonchev–Trinajstić information content (AvgIpc) is 1.95. The van der Waals surface area contributed by atoms with Crippen LogP contribution in [0.25, 0.3) is 0 Å². The van der Waals surface area contributed by atoms with Crippen molar-refractivity contribution in [1.29, 1.82) is 0 Å². The van der Waals surface area contributed by atoms with Crippen molar-refractivity contribution < 1.29 is 13.2 Å². The number of hydrogen-bond acceptors (Lipinski definition) is 1. The van der Waals surface area contributed by atoms with Gasteiger partial charge < -0.3 is 0 Å². The molecule has 0 aromatic carbocycles. The third-order valence-electron chi connectivity index (χ3n) is 1.01. The highest BCUT2D eigenvalue weighted by atomic mass is 19.4. The van der Waals surface area contributed by atoms with Crippen LogP contribution in [0.15, 0.2) is 28.9 Å². The van der Waals surface area contributed by atoms with Crippen LogP contribution in [0, 0.1) is 0 Å². The first-order chi connectivity index (χ1) is 5.52. The maximum absolute atomic E-state index is 12.0. The summed E-state index contributed by atoms with van der Waals surface area (Å²) >= 11 is 0. The number of halogens is 3. The molecule has 68 valence electrons. The number of hydrogen-bond donors (Lipinski definition) is 0. The van der Waals surface area contributed by atoms with E-state index in [1.807, 2.05) is 0 Å². The minimum Gasteiger partial charge on any atom is -0.256 e. The summed E-state index contributed by atoms with van der Waals surface area (Å²) in [6.07, 6.45) is 0.488. The fraction of sp³-hybridized carbons (Fsp3) is 0.375. The zero-order valence-electron chi connectivity index (χ0n) is 6.89. The summed E-state index contributed by atoms with van der Waals surface area (Å²) in [7, 11) is 0. The van der Waals surface area contributed by atoms with Gasteiger partial charge in [-0.25, -0.2) is 0 Å². The third-order valence-corrected chi connectivity index (χ3v) is 1.01. The van der Waals surface area contributed by atoms with Crippen molar-refractivity contribution in [3.8, 4) is 0 Å². The van der Waals surface area contributed by atoms with Crippen molar-refractivity contribution in [2.75, 3.05) is 0 Å². The number of allylic oxidation sites excluding steroid dienone is 4. The average molecular weight is 177 g/mol. The van der Waals surface area contributed by atoms with Gasteiger partial charge >= 0.3 is 6.18 Å². The van der Waals surface area contributed by atoms with E-state index in [-0.39, 0.29) is 0 Å². The van der Waals surface area contributed by atoms with Crippen molar-refractivity contribution in [3.05, 3.63) is 23.9 Å². The van der Waals surface area contributed by atoms with Gasteiger partial charge in [-0.3, -0.25) is 4.99 Å². The maximum Gasteiger partial charge on any atom is 0.433 e. The van der Waals surface area contributed by atoms with E-state index in [2.05, 4.69) is 4.99 Å². The molecule has 0 heterocycles. The van der Waals surface area contributed by atoms with Gasteiger partial charge in [0.25, 0.3) is 0 Å². The van der Waals surface area contributed by atoms with Crippen LogP contribution in [0.2, 0.25) is 0 Å². The SMILES string of the molecule is C\C=C/C=C(\N=C\C)C(F)(F)F. The second kappa shape index (κ2) is 4.74. The molecule has 0 radical (unpaired) electrons. The molecule has 0 aliphatic carbocycles. The predicted molar refractivity (Wildman–Crippen MR) is 43.1 cm³/mol. The Hall–Kier alpha value is -1.06. The second-order valence-electron chi connectivity index (χ2n) is 1.96. The quantitative estimate of drug-likeness (QED) is 0.454. The summed E-state index contributed by atoms with van der Waals surface area (Å²) < 4.78 is 36.0. The molecule has 0 bridgehead atoms. The van der Waals surface area contributed by atoms with E-state index in [4.69, 9.17) is 0 Å². The van der Waals surface area contributed by atoms with E-state index in [0.29, 0.717) is 0 Å². The fourth-order valence-corrected chi connectivity index (χ4v) is 0.537. The molecule has 0 spiro atoms. The molecule has 0 aromatic heterocycles. The van der Waals surface area contributed by atoms with Gasteiger partial charge in [0.2, 0.25) is 0 Å². The number of nitrogens with zero attached hydrogens (tertiary/aromatic N) is 1. The monoisotopic (exact) mass is 177 g/mol. The Labute approximate surface area is 69.3 Å². The molecule has 0 aliphatic rings. The second-order valence-corrected chi connectivity index (χ2v) is 1.96. The van der Waals surface area contributed by atoms with E-state index < -0.39 is 11.9 Å². The van der Waals surface area contributed by atoms with Gasteiger partial charge in [-0.05, 0) is 19.9 Å². The van der Waals surface area contributed by atoms with Gasteiger partial charge in [0.05, 0.1) is 0 Å². The minimum atomic E-state index is -4.37. The highest BCUT2D eigenvalue weighted by molar-refractivity contribution is 5.55. The van der Waals surface area contributed by atoms with Crippen LogP contribution in [0.5, 0.6) is 0 Å². The Kier molecular flexibility index (Phi) is 4.33. The van der Waals surface area contributed by atoms with E-state index in [9.17, 15) is 13.2 Å². The van der Waals surface area contributed by atoms with Crippen LogP contribution in [0.3, 0.4) is 0 Å². The van der Waals surface area contributed by atoms with E-state index in [1.54, 1.807) is 6.92 Å². The first kappa shape index (κ1) is 10.9. The first-order valence-corrected chi connectivity index (χ1v) is 3.41. The topological polar surface area (TPSA) is 12.4 Å². The van der Waals surface area contributed by atoms with E-state index in [1.165, 1.54) is 19.1 Å². The molecule has 0 saturated heterocycles. The molecule has 0 rings (SSSR count). The summed E-state index contributed by atoms with van der Waals surface area (Å²) in [6, 6.07) is 0. The molecule has 12 heavy (non-hydrogen) atoms. The lowest BCUT2D eigenvalue weighted by molar-refractivity contribution is -0.0922.